The average Bonchev–Trinajstić information content (AvgIpc) is 3.20. The van der Waals surface area contributed by atoms with Crippen molar-refractivity contribution in [3.05, 3.63) is 75.7 Å². The van der Waals surface area contributed by atoms with E-state index in [1.165, 1.54) is 43.3 Å². The Balaban J connectivity index is 1.90. The number of anilines is 2. The molecule has 11 nitrogen and oxygen atoms in total. The van der Waals surface area contributed by atoms with Gasteiger partial charge < -0.3 is 14.8 Å². The number of esters is 1. The first-order valence-electron chi connectivity index (χ1n) is 11.8. The number of benzene rings is 2. The first-order valence-corrected chi connectivity index (χ1v) is 14.1. The van der Waals surface area contributed by atoms with Gasteiger partial charge in [0.25, 0.3) is 21.8 Å². The molecule has 39 heavy (non-hydrogen) atoms. The van der Waals surface area contributed by atoms with Gasteiger partial charge in [-0.2, -0.15) is 0 Å². The van der Waals surface area contributed by atoms with Crippen LogP contribution < -0.4 is 15.4 Å². The van der Waals surface area contributed by atoms with Crippen LogP contribution in [0, 0.1) is 13.8 Å². The normalized spacial score (nSPS) is 10.9. The van der Waals surface area contributed by atoms with Crippen LogP contribution in [0.15, 0.2) is 53.4 Å². The van der Waals surface area contributed by atoms with Crippen LogP contribution in [0.25, 0.3) is 0 Å². The predicted octanol–water partition coefficient (Wildman–Crippen LogP) is 4.48. The fraction of sp³-hybridized carbons (Fsp3) is 0.231. The molecule has 0 unspecified atom stereocenters. The molecule has 0 aliphatic carbocycles. The van der Waals surface area contributed by atoms with Gasteiger partial charge in [-0.05, 0) is 63.6 Å². The van der Waals surface area contributed by atoms with Crippen molar-refractivity contribution in [1.29, 1.82) is 0 Å². The third-order valence-electron chi connectivity index (χ3n) is 5.26. The number of thiophene rings is 1. The smallest absolute Gasteiger partial charge is 0.414 e. The molecular formula is C26H27N3O8S2. The molecule has 3 rings (SSSR count). The number of hydrogen-bond acceptors (Lipinski definition) is 9. The van der Waals surface area contributed by atoms with Crippen molar-refractivity contribution in [3.63, 3.8) is 0 Å². The molecular weight excluding hydrogens is 546 g/mol. The Morgan fingerprint density at radius 2 is 1.56 bits per heavy atom. The monoisotopic (exact) mass is 573 g/mol. The molecule has 1 aromatic heterocycles. The Morgan fingerprint density at radius 3 is 2.21 bits per heavy atom. The van der Waals surface area contributed by atoms with Crippen molar-refractivity contribution >= 4 is 55.9 Å². The maximum atomic E-state index is 13.1. The van der Waals surface area contributed by atoms with Crippen molar-refractivity contribution in [1.82, 2.24) is 5.32 Å². The topological polar surface area (TPSA) is 157 Å². The molecule has 0 saturated heterocycles. The Labute approximate surface area is 229 Å². The maximum Gasteiger partial charge on any atom is 0.414 e. The number of carbonyl (C=O) groups excluding carboxylic acids is 4. The highest BCUT2D eigenvalue weighted by Crippen LogP contribution is 2.34. The van der Waals surface area contributed by atoms with Gasteiger partial charge in [-0.25, -0.2) is 18.0 Å². The minimum atomic E-state index is -3.91. The summed E-state index contributed by atoms with van der Waals surface area (Å²) in [4.78, 5) is 50.4. The van der Waals surface area contributed by atoms with E-state index in [9.17, 15) is 27.6 Å². The number of ether oxygens (including phenoxy) is 2. The van der Waals surface area contributed by atoms with E-state index in [1.807, 2.05) is 6.92 Å². The number of hydrogen-bond donors (Lipinski definition) is 3. The summed E-state index contributed by atoms with van der Waals surface area (Å²) >= 11 is 0.808. The predicted molar refractivity (Wildman–Crippen MR) is 146 cm³/mol. The summed E-state index contributed by atoms with van der Waals surface area (Å²) in [7, 11) is -3.91. The molecule has 0 atom stereocenters. The largest absolute Gasteiger partial charge is 0.462 e. The van der Waals surface area contributed by atoms with Crippen LogP contribution >= 0.6 is 11.3 Å². The lowest BCUT2D eigenvalue weighted by Gasteiger charge is -2.11. The van der Waals surface area contributed by atoms with Crippen LogP contribution in [0.5, 0.6) is 0 Å². The average molecular weight is 574 g/mol. The highest BCUT2D eigenvalue weighted by atomic mass is 32.2. The van der Waals surface area contributed by atoms with Gasteiger partial charge in [-0.1, -0.05) is 23.8 Å². The van der Waals surface area contributed by atoms with Crippen LogP contribution in [0.3, 0.4) is 0 Å². The molecule has 13 heteroatoms. The van der Waals surface area contributed by atoms with Gasteiger partial charge in [0.1, 0.15) is 9.88 Å². The standard InChI is InChI=1S/C26H27N3O8S2/c1-5-36-25(32)21-16(4)20(23(31)28-26(33)37-6-2)24(38-21)27-22(30)17-8-7-9-18(14-17)29-39(34,35)19-12-10-15(3)11-13-19/h7-14,29H,5-6H2,1-4H3,(H,27,30)(H,28,31,33). The van der Waals surface area contributed by atoms with Gasteiger partial charge in [-0.3, -0.25) is 19.6 Å². The molecule has 0 saturated carbocycles. The molecule has 0 spiro atoms. The number of nitrogens with one attached hydrogen (secondary N) is 3. The maximum absolute atomic E-state index is 13.1. The molecule has 0 fully saturated rings. The first-order chi connectivity index (χ1) is 18.5. The number of carbonyl (C=O) groups is 4. The zero-order valence-corrected chi connectivity index (χ0v) is 23.2. The van der Waals surface area contributed by atoms with E-state index in [0.717, 1.165) is 16.9 Å². The van der Waals surface area contributed by atoms with E-state index in [1.54, 1.807) is 26.0 Å². The van der Waals surface area contributed by atoms with E-state index in [4.69, 9.17) is 9.47 Å². The van der Waals surface area contributed by atoms with Crippen molar-refractivity contribution < 1.29 is 37.1 Å². The molecule has 1 heterocycles. The third-order valence-corrected chi connectivity index (χ3v) is 7.85. The van der Waals surface area contributed by atoms with Crippen LogP contribution in [0.1, 0.15) is 55.4 Å². The highest BCUT2D eigenvalue weighted by Gasteiger charge is 2.28. The molecule has 2 aromatic carbocycles. The van der Waals surface area contributed by atoms with E-state index in [2.05, 4.69) is 15.4 Å². The van der Waals surface area contributed by atoms with Gasteiger partial charge in [0.2, 0.25) is 0 Å². The molecule has 0 radical (unpaired) electrons. The van der Waals surface area contributed by atoms with Crippen molar-refractivity contribution in [3.8, 4) is 0 Å². The summed E-state index contributed by atoms with van der Waals surface area (Å²) in [6.45, 7) is 6.63. The molecule has 3 N–H and O–H groups in total. The summed E-state index contributed by atoms with van der Waals surface area (Å²) in [6.07, 6.45) is -0.989. The fourth-order valence-corrected chi connectivity index (χ4v) is 5.56. The summed E-state index contributed by atoms with van der Waals surface area (Å²) in [5.41, 5.74) is 1.20. The van der Waals surface area contributed by atoms with E-state index < -0.39 is 33.9 Å². The number of alkyl carbamates (subject to hydrolysis) is 1. The molecule has 0 aliphatic rings. The molecule has 0 bridgehead atoms. The third kappa shape index (κ3) is 7.21. The van der Waals surface area contributed by atoms with Gasteiger partial charge in [0.15, 0.2) is 0 Å². The summed E-state index contributed by atoms with van der Waals surface area (Å²) in [5.74, 6) is -2.26. The molecule has 0 aliphatic heterocycles. The second-order valence-corrected chi connectivity index (χ2v) is 10.8. The van der Waals surface area contributed by atoms with E-state index in [0.29, 0.717) is 0 Å². The number of imide groups is 1. The Kier molecular flexibility index (Phi) is 9.43. The molecule has 3 amide bonds. The fourth-order valence-electron chi connectivity index (χ4n) is 3.42. The lowest BCUT2D eigenvalue weighted by atomic mass is 10.1. The number of rotatable bonds is 9. The Morgan fingerprint density at radius 1 is 0.897 bits per heavy atom. The van der Waals surface area contributed by atoms with Crippen LogP contribution in [0.4, 0.5) is 15.5 Å². The number of amides is 3. The summed E-state index contributed by atoms with van der Waals surface area (Å²) < 4.78 is 37.7. The van der Waals surface area contributed by atoms with Crippen molar-refractivity contribution in [2.24, 2.45) is 0 Å². The van der Waals surface area contributed by atoms with Gasteiger partial charge >= 0.3 is 12.1 Å². The molecule has 3 aromatic rings. The lowest BCUT2D eigenvalue weighted by molar-refractivity contribution is 0.0531. The minimum absolute atomic E-state index is 0.00649. The number of sulfonamides is 1. The summed E-state index contributed by atoms with van der Waals surface area (Å²) in [5, 5.41) is 4.63. The SMILES string of the molecule is CCOC(=O)NC(=O)c1c(NC(=O)c2cccc(NS(=O)(=O)c3ccc(C)cc3)c2)sc(C(=O)OCC)c1C. The van der Waals surface area contributed by atoms with Crippen LogP contribution in [-0.2, 0) is 19.5 Å². The minimum Gasteiger partial charge on any atom is -0.462 e. The molecule has 206 valence electrons. The van der Waals surface area contributed by atoms with Gasteiger partial charge in [-0.15, -0.1) is 11.3 Å². The first kappa shape index (κ1) is 29.3. The van der Waals surface area contributed by atoms with E-state index >= 15 is 0 Å². The Hall–Kier alpha value is -4.23. The van der Waals surface area contributed by atoms with Crippen molar-refractivity contribution in [2.45, 2.75) is 32.6 Å². The van der Waals surface area contributed by atoms with Gasteiger partial charge in [0.05, 0.1) is 23.7 Å². The van der Waals surface area contributed by atoms with Crippen LogP contribution in [0.2, 0.25) is 0 Å². The number of aryl methyl sites for hydroxylation is 1. The van der Waals surface area contributed by atoms with E-state index in [-0.39, 0.29) is 50.4 Å². The Bertz CT molecular complexity index is 1510. The zero-order chi connectivity index (χ0) is 28.7. The second-order valence-electron chi connectivity index (χ2n) is 8.11. The summed E-state index contributed by atoms with van der Waals surface area (Å²) in [6, 6.07) is 12.0. The highest BCUT2D eigenvalue weighted by molar-refractivity contribution is 7.92. The second kappa shape index (κ2) is 12.5. The van der Waals surface area contributed by atoms with Gasteiger partial charge in [0, 0.05) is 11.3 Å². The zero-order valence-electron chi connectivity index (χ0n) is 21.6. The van der Waals surface area contributed by atoms with Crippen molar-refractivity contribution in [2.75, 3.05) is 23.3 Å². The quantitative estimate of drug-likeness (QED) is 0.316. The lowest BCUT2D eigenvalue weighted by Crippen LogP contribution is -2.32. The van der Waals surface area contributed by atoms with Crippen LogP contribution in [-0.4, -0.2) is 45.5 Å².